The lowest BCUT2D eigenvalue weighted by molar-refractivity contribution is 0.133. The summed E-state index contributed by atoms with van der Waals surface area (Å²) >= 11 is 0. The first kappa shape index (κ1) is 18.0. The average Bonchev–Trinajstić information content (AvgIpc) is 2.36. The third kappa shape index (κ3) is 6.61. The Balaban J connectivity index is 2.48. The fourth-order valence-electron chi connectivity index (χ4n) is 3.77. The Hall–Kier alpha value is -0.0400. The molecule has 1 rings (SSSR count). The van der Waals surface area contributed by atoms with Crippen molar-refractivity contribution in [1.82, 2.24) is 5.32 Å². The van der Waals surface area contributed by atoms with Gasteiger partial charge in [-0.25, -0.2) is 0 Å². The molecule has 0 aromatic rings. The normalized spacial score (nSPS) is 27.8. The number of hydrogen-bond donors (Lipinski definition) is 1. The summed E-state index contributed by atoms with van der Waals surface area (Å²) in [5, 5.41) is 3.69. The van der Waals surface area contributed by atoms with Gasteiger partial charge in [-0.1, -0.05) is 60.8 Å². The van der Waals surface area contributed by atoms with Gasteiger partial charge in [-0.05, 0) is 55.4 Å². The van der Waals surface area contributed by atoms with E-state index in [2.05, 4.69) is 46.9 Å². The Morgan fingerprint density at radius 3 is 2.20 bits per heavy atom. The lowest BCUT2D eigenvalue weighted by Gasteiger charge is -2.38. The van der Waals surface area contributed by atoms with E-state index < -0.39 is 0 Å². The standard InChI is InChI=1S/C19H39N/c1-14(2)8-7-9-18-12-17(15(3)4)10-11-19(18)13-20-16(5)6/h14-20H,7-13H2,1-6H3. The summed E-state index contributed by atoms with van der Waals surface area (Å²) in [6.45, 7) is 15.3. The van der Waals surface area contributed by atoms with Crippen LogP contribution in [0.1, 0.15) is 80.1 Å². The highest BCUT2D eigenvalue weighted by atomic mass is 14.9. The zero-order valence-corrected chi connectivity index (χ0v) is 14.9. The monoisotopic (exact) mass is 281 g/mol. The summed E-state index contributed by atoms with van der Waals surface area (Å²) in [5.74, 6) is 4.63. The van der Waals surface area contributed by atoms with Gasteiger partial charge in [0.05, 0.1) is 0 Å². The minimum absolute atomic E-state index is 0.633. The smallest absolute Gasteiger partial charge is 0.00104 e. The third-order valence-electron chi connectivity index (χ3n) is 5.27. The minimum Gasteiger partial charge on any atom is -0.314 e. The van der Waals surface area contributed by atoms with Crippen LogP contribution in [0.5, 0.6) is 0 Å². The SMILES string of the molecule is CC(C)CCCC1CC(C(C)C)CCC1CNC(C)C. The second-order valence-electron chi connectivity index (χ2n) is 8.23. The molecule has 1 saturated carbocycles. The average molecular weight is 282 g/mol. The van der Waals surface area contributed by atoms with Crippen LogP contribution in [-0.2, 0) is 0 Å². The summed E-state index contributed by atoms with van der Waals surface area (Å²) < 4.78 is 0. The van der Waals surface area contributed by atoms with Gasteiger partial charge < -0.3 is 5.32 Å². The molecule has 120 valence electrons. The topological polar surface area (TPSA) is 12.0 Å². The molecule has 0 radical (unpaired) electrons. The van der Waals surface area contributed by atoms with Crippen LogP contribution in [-0.4, -0.2) is 12.6 Å². The van der Waals surface area contributed by atoms with Gasteiger partial charge in [0.15, 0.2) is 0 Å². The quantitative estimate of drug-likeness (QED) is 0.619. The van der Waals surface area contributed by atoms with Gasteiger partial charge in [0.2, 0.25) is 0 Å². The van der Waals surface area contributed by atoms with Crippen molar-refractivity contribution < 1.29 is 0 Å². The first-order valence-electron chi connectivity index (χ1n) is 9.13. The highest BCUT2D eigenvalue weighted by Crippen LogP contribution is 2.39. The van der Waals surface area contributed by atoms with Gasteiger partial charge in [0.1, 0.15) is 0 Å². The molecule has 0 spiro atoms. The van der Waals surface area contributed by atoms with E-state index >= 15 is 0 Å². The Kier molecular flexibility index (Phi) is 8.17. The van der Waals surface area contributed by atoms with Crippen molar-refractivity contribution in [2.45, 2.75) is 86.1 Å². The van der Waals surface area contributed by atoms with Crippen molar-refractivity contribution in [3.63, 3.8) is 0 Å². The molecule has 0 saturated heterocycles. The first-order chi connectivity index (χ1) is 9.40. The lowest BCUT2D eigenvalue weighted by atomic mass is 9.69. The maximum absolute atomic E-state index is 3.69. The molecule has 1 aliphatic carbocycles. The van der Waals surface area contributed by atoms with E-state index in [4.69, 9.17) is 0 Å². The van der Waals surface area contributed by atoms with Gasteiger partial charge >= 0.3 is 0 Å². The van der Waals surface area contributed by atoms with E-state index in [1.807, 2.05) is 0 Å². The summed E-state index contributed by atoms with van der Waals surface area (Å²) in [6, 6.07) is 0.633. The van der Waals surface area contributed by atoms with Crippen molar-refractivity contribution in [3.05, 3.63) is 0 Å². The molecule has 1 nitrogen and oxygen atoms in total. The van der Waals surface area contributed by atoms with E-state index in [9.17, 15) is 0 Å². The molecule has 0 aliphatic heterocycles. The van der Waals surface area contributed by atoms with Crippen LogP contribution in [0.2, 0.25) is 0 Å². The summed E-state index contributed by atoms with van der Waals surface area (Å²) in [7, 11) is 0. The van der Waals surface area contributed by atoms with E-state index in [-0.39, 0.29) is 0 Å². The molecule has 0 amide bonds. The molecule has 0 aromatic carbocycles. The van der Waals surface area contributed by atoms with Crippen molar-refractivity contribution in [3.8, 4) is 0 Å². The maximum Gasteiger partial charge on any atom is 0.00104 e. The fraction of sp³-hybridized carbons (Fsp3) is 1.00. The molecule has 0 bridgehead atoms. The maximum atomic E-state index is 3.69. The molecule has 20 heavy (non-hydrogen) atoms. The minimum atomic E-state index is 0.633. The van der Waals surface area contributed by atoms with E-state index in [1.165, 1.54) is 45.1 Å². The molecule has 1 aliphatic rings. The van der Waals surface area contributed by atoms with Gasteiger partial charge in [-0.15, -0.1) is 0 Å². The van der Waals surface area contributed by atoms with Crippen LogP contribution < -0.4 is 5.32 Å². The van der Waals surface area contributed by atoms with Gasteiger partial charge in [0.25, 0.3) is 0 Å². The van der Waals surface area contributed by atoms with Crippen LogP contribution in [0.25, 0.3) is 0 Å². The third-order valence-corrected chi connectivity index (χ3v) is 5.27. The van der Waals surface area contributed by atoms with Crippen molar-refractivity contribution >= 4 is 0 Å². The Labute approximate surface area is 128 Å². The fourth-order valence-corrected chi connectivity index (χ4v) is 3.77. The molecule has 1 fully saturated rings. The second kappa shape index (κ2) is 9.07. The molecule has 0 heterocycles. The van der Waals surface area contributed by atoms with E-state index in [0.717, 1.165) is 29.6 Å². The van der Waals surface area contributed by atoms with Crippen LogP contribution >= 0.6 is 0 Å². The molecule has 0 aromatic heterocycles. The predicted molar refractivity (Wildman–Crippen MR) is 91.0 cm³/mol. The summed E-state index contributed by atoms with van der Waals surface area (Å²) in [4.78, 5) is 0. The van der Waals surface area contributed by atoms with Gasteiger partial charge in [-0.2, -0.15) is 0 Å². The van der Waals surface area contributed by atoms with Crippen molar-refractivity contribution in [2.24, 2.45) is 29.6 Å². The molecule has 1 heteroatoms. The van der Waals surface area contributed by atoms with Crippen LogP contribution in [0.4, 0.5) is 0 Å². The van der Waals surface area contributed by atoms with Crippen LogP contribution in [0.15, 0.2) is 0 Å². The summed E-state index contributed by atoms with van der Waals surface area (Å²) in [5.41, 5.74) is 0. The highest BCUT2D eigenvalue weighted by Gasteiger charge is 2.31. The number of nitrogens with one attached hydrogen (secondary N) is 1. The lowest BCUT2D eigenvalue weighted by Crippen LogP contribution is -2.36. The zero-order chi connectivity index (χ0) is 15.1. The Morgan fingerprint density at radius 2 is 1.65 bits per heavy atom. The predicted octanol–water partition coefficient (Wildman–Crippen LogP) is 5.50. The molecular weight excluding hydrogens is 242 g/mol. The van der Waals surface area contributed by atoms with Crippen LogP contribution in [0.3, 0.4) is 0 Å². The zero-order valence-electron chi connectivity index (χ0n) is 14.9. The van der Waals surface area contributed by atoms with Crippen LogP contribution in [0, 0.1) is 29.6 Å². The van der Waals surface area contributed by atoms with Gasteiger partial charge in [0, 0.05) is 6.04 Å². The summed E-state index contributed by atoms with van der Waals surface area (Å²) in [6.07, 6.45) is 8.71. The Bertz CT molecular complexity index is 244. The number of rotatable bonds is 8. The van der Waals surface area contributed by atoms with Crippen molar-refractivity contribution in [2.75, 3.05) is 6.54 Å². The van der Waals surface area contributed by atoms with E-state index in [0.29, 0.717) is 6.04 Å². The van der Waals surface area contributed by atoms with E-state index in [1.54, 1.807) is 0 Å². The molecule has 3 atom stereocenters. The molecule has 3 unspecified atom stereocenters. The first-order valence-corrected chi connectivity index (χ1v) is 9.13. The Morgan fingerprint density at radius 1 is 0.950 bits per heavy atom. The molecule has 1 N–H and O–H groups in total. The highest BCUT2D eigenvalue weighted by molar-refractivity contribution is 4.83. The molecular formula is C19H39N. The van der Waals surface area contributed by atoms with Crippen molar-refractivity contribution in [1.29, 1.82) is 0 Å². The second-order valence-corrected chi connectivity index (χ2v) is 8.23. The number of hydrogen-bond acceptors (Lipinski definition) is 1. The van der Waals surface area contributed by atoms with Gasteiger partial charge in [-0.3, -0.25) is 0 Å². The largest absolute Gasteiger partial charge is 0.314 e.